The highest BCUT2D eigenvalue weighted by Crippen LogP contribution is 2.02. The highest BCUT2D eigenvalue weighted by molar-refractivity contribution is 7.88. The van der Waals surface area contributed by atoms with Gasteiger partial charge in [0, 0.05) is 13.7 Å². The average Bonchev–Trinajstić information content (AvgIpc) is 2.18. The van der Waals surface area contributed by atoms with E-state index >= 15 is 0 Å². The summed E-state index contributed by atoms with van der Waals surface area (Å²) < 4.78 is 30.2. The molecule has 0 saturated carbocycles. The smallest absolute Gasteiger partial charge is 0.215 e. The zero-order chi connectivity index (χ0) is 11.1. The average molecular weight is 228 g/mol. The van der Waals surface area contributed by atoms with Crippen molar-refractivity contribution in [2.75, 3.05) is 20.3 Å². The second kappa shape index (κ2) is 5.85. The van der Waals surface area contributed by atoms with Gasteiger partial charge in [0.2, 0.25) is 10.0 Å². The maximum atomic E-state index is 11.5. The molecule has 0 aliphatic heterocycles. The van der Waals surface area contributed by atoms with Crippen molar-refractivity contribution in [1.29, 1.82) is 0 Å². The van der Waals surface area contributed by atoms with Crippen LogP contribution >= 0.6 is 0 Å². The summed E-state index contributed by atoms with van der Waals surface area (Å²) in [6, 6.07) is 9.88. The van der Waals surface area contributed by atoms with Crippen LogP contribution in [0.25, 0.3) is 0 Å². The number of nitrogens with one attached hydrogen (secondary N) is 1. The molecule has 0 fully saturated rings. The first kappa shape index (κ1) is 12.2. The van der Waals surface area contributed by atoms with Gasteiger partial charge in [0.15, 0.2) is 0 Å². The molecule has 15 heavy (non-hydrogen) atoms. The third-order valence-corrected chi connectivity index (χ3v) is 3.08. The first-order valence-electron chi connectivity index (χ1n) is 4.56. The monoisotopic (exact) mass is 228 g/mol. The predicted molar refractivity (Wildman–Crippen MR) is 57.8 cm³/mol. The molecule has 0 aliphatic carbocycles. The molecule has 0 spiro atoms. The van der Waals surface area contributed by atoms with Crippen LogP contribution < -0.4 is 4.72 Å². The summed E-state index contributed by atoms with van der Waals surface area (Å²) in [7, 11) is -1.74. The molecule has 4 nitrogen and oxygen atoms in total. The van der Waals surface area contributed by atoms with Crippen LogP contribution in [0.15, 0.2) is 24.3 Å². The van der Waals surface area contributed by atoms with Crippen LogP contribution in [-0.2, 0) is 20.5 Å². The lowest BCUT2D eigenvalue weighted by molar-refractivity contribution is 0.204. The molecule has 0 saturated heterocycles. The summed E-state index contributed by atoms with van der Waals surface area (Å²) in [4.78, 5) is 0. The van der Waals surface area contributed by atoms with Gasteiger partial charge < -0.3 is 4.74 Å². The molecule has 5 heteroatoms. The summed E-state index contributed by atoms with van der Waals surface area (Å²) in [5, 5.41) is 0. The molecule has 83 valence electrons. The molecule has 1 rings (SSSR count). The van der Waals surface area contributed by atoms with Crippen LogP contribution in [-0.4, -0.2) is 28.7 Å². The zero-order valence-corrected chi connectivity index (χ0v) is 9.38. The molecule has 1 aromatic rings. The predicted octanol–water partition coefficient (Wildman–Crippen LogP) is 0.553. The number of benzene rings is 1. The number of rotatable bonds is 6. The molecule has 1 radical (unpaired) electrons. The number of hydrogen-bond acceptors (Lipinski definition) is 3. The second-order valence-corrected chi connectivity index (χ2v) is 4.84. The van der Waals surface area contributed by atoms with E-state index in [2.05, 4.69) is 10.8 Å². The van der Waals surface area contributed by atoms with Gasteiger partial charge in [-0.15, -0.1) is 0 Å². The third-order valence-electron chi connectivity index (χ3n) is 1.75. The molecular weight excluding hydrogens is 214 g/mol. The summed E-state index contributed by atoms with van der Waals surface area (Å²) in [5.74, 6) is -0.0441. The summed E-state index contributed by atoms with van der Waals surface area (Å²) in [6.07, 6.45) is 0. The minimum atomic E-state index is -3.27. The van der Waals surface area contributed by atoms with Gasteiger partial charge in [0.05, 0.1) is 12.4 Å². The second-order valence-electron chi connectivity index (χ2n) is 3.03. The topological polar surface area (TPSA) is 55.4 Å². The fourth-order valence-electron chi connectivity index (χ4n) is 1.08. The molecule has 0 bridgehead atoms. The maximum absolute atomic E-state index is 11.5. The Kier molecular flexibility index (Phi) is 4.74. The van der Waals surface area contributed by atoms with Gasteiger partial charge in [-0.05, 0) is 11.6 Å². The van der Waals surface area contributed by atoms with Crippen LogP contribution in [0, 0.1) is 6.07 Å². The van der Waals surface area contributed by atoms with Crippen LogP contribution in [0.4, 0.5) is 0 Å². The minimum absolute atomic E-state index is 0.0441. The molecule has 0 amide bonds. The molecule has 0 aliphatic rings. The van der Waals surface area contributed by atoms with E-state index in [1.165, 1.54) is 7.11 Å². The van der Waals surface area contributed by atoms with Crippen molar-refractivity contribution in [3.63, 3.8) is 0 Å². The lowest BCUT2D eigenvalue weighted by Gasteiger charge is -2.05. The molecular formula is C10H14NO3S. The Hall–Kier alpha value is -0.910. The van der Waals surface area contributed by atoms with Gasteiger partial charge in [-0.3, -0.25) is 0 Å². The minimum Gasteiger partial charge on any atom is -0.383 e. The summed E-state index contributed by atoms with van der Waals surface area (Å²) in [6.45, 7) is 0.670. The SMILES string of the molecule is COCCNS(=O)(=O)Cc1[c]cccc1. The van der Waals surface area contributed by atoms with Crippen molar-refractivity contribution in [3.8, 4) is 0 Å². The van der Waals surface area contributed by atoms with E-state index in [1.54, 1.807) is 24.3 Å². The first-order valence-corrected chi connectivity index (χ1v) is 6.21. The van der Waals surface area contributed by atoms with Crippen molar-refractivity contribution in [2.45, 2.75) is 5.75 Å². The van der Waals surface area contributed by atoms with Crippen molar-refractivity contribution in [2.24, 2.45) is 0 Å². The lowest BCUT2D eigenvalue weighted by Crippen LogP contribution is -2.28. The Morgan fingerprint density at radius 3 is 2.87 bits per heavy atom. The highest BCUT2D eigenvalue weighted by atomic mass is 32.2. The van der Waals surface area contributed by atoms with E-state index in [4.69, 9.17) is 4.74 Å². The van der Waals surface area contributed by atoms with Gasteiger partial charge in [0.25, 0.3) is 0 Å². The maximum Gasteiger partial charge on any atom is 0.215 e. The van der Waals surface area contributed by atoms with Gasteiger partial charge in [-0.2, -0.15) is 0 Å². The molecule has 0 unspecified atom stereocenters. The first-order chi connectivity index (χ1) is 7.14. The van der Waals surface area contributed by atoms with Crippen molar-refractivity contribution < 1.29 is 13.2 Å². The number of methoxy groups -OCH3 is 1. The summed E-state index contributed by atoms with van der Waals surface area (Å²) >= 11 is 0. The Balaban J connectivity index is 2.50. The summed E-state index contributed by atoms with van der Waals surface area (Å²) in [5.41, 5.74) is 0.655. The number of ether oxygens (including phenoxy) is 1. The van der Waals surface area contributed by atoms with Crippen molar-refractivity contribution in [1.82, 2.24) is 4.72 Å². The van der Waals surface area contributed by atoms with Crippen molar-refractivity contribution in [3.05, 3.63) is 35.9 Å². The van der Waals surface area contributed by atoms with Crippen LogP contribution in [0.5, 0.6) is 0 Å². The van der Waals surface area contributed by atoms with Gasteiger partial charge in [-0.1, -0.05) is 24.3 Å². The van der Waals surface area contributed by atoms with Gasteiger partial charge >= 0.3 is 0 Å². The standard InChI is InChI=1S/C10H14NO3S/c1-14-8-7-11-15(12,13)9-10-5-3-2-4-6-10/h2-5,11H,7-9H2,1H3. The quantitative estimate of drug-likeness (QED) is 0.723. The molecule has 0 heterocycles. The van der Waals surface area contributed by atoms with E-state index in [0.717, 1.165) is 0 Å². The van der Waals surface area contributed by atoms with E-state index in [0.29, 0.717) is 18.7 Å². The van der Waals surface area contributed by atoms with Gasteiger partial charge in [-0.25, -0.2) is 13.1 Å². The molecule has 1 N–H and O–H groups in total. The normalized spacial score (nSPS) is 11.5. The zero-order valence-electron chi connectivity index (χ0n) is 8.56. The molecule has 0 aromatic heterocycles. The molecule has 1 aromatic carbocycles. The Morgan fingerprint density at radius 2 is 2.27 bits per heavy atom. The van der Waals surface area contributed by atoms with Gasteiger partial charge in [0.1, 0.15) is 0 Å². The highest BCUT2D eigenvalue weighted by Gasteiger charge is 2.09. The Labute approximate surface area is 90.3 Å². The van der Waals surface area contributed by atoms with E-state index < -0.39 is 10.0 Å². The van der Waals surface area contributed by atoms with Crippen molar-refractivity contribution >= 4 is 10.0 Å². The lowest BCUT2D eigenvalue weighted by atomic mass is 10.2. The number of hydrogen-bond donors (Lipinski definition) is 1. The van der Waals surface area contributed by atoms with E-state index in [9.17, 15) is 8.42 Å². The van der Waals surface area contributed by atoms with Crippen LogP contribution in [0.3, 0.4) is 0 Å². The fraction of sp³-hybridized carbons (Fsp3) is 0.400. The van der Waals surface area contributed by atoms with Crippen LogP contribution in [0.1, 0.15) is 5.56 Å². The Morgan fingerprint density at radius 1 is 1.47 bits per heavy atom. The fourth-order valence-corrected chi connectivity index (χ4v) is 2.16. The number of sulfonamides is 1. The largest absolute Gasteiger partial charge is 0.383 e. The van der Waals surface area contributed by atoms with E-state index in [-0.39, 0.29) is 5.75 Å². The third kappa shape index (κ3) is 4.92. The van der Waals surface area contributed by atoms with E-state index in [1.807, 2.05) is 0 Å². The Bertz CT molecular complexity index is 375. The van der Waals surface area contributed by atoms with Crippen LogP contribution in [0.2, 0.25) is 0 Å². The molecule has 0 atom stereocenters.